The number of amides is 2. The van der Waals surface area contributed by atoms with Crippen molar-refractivity contribution in [2.24, 2.45) is 5.92 Å². The van der Waals surface area contributed by atoms with Gasteiger partial charge in [0.15, 0.2) is 0 Å². The molecule has 0 fully saturated rings. The number of carbonyl (C=O) groups is 2. The second-order valence-electron chi connectivity index (χ2n) is 6.31. The predicted octanol–water partition coefficient (Wildman–Crippen LogP) is 3.42. The lowest BCUT2D eigenvalue weighted by molar-refractivity contribution is -0.120. The molecule has 0 saturated carbocycles. The Morgan fingerprint density at radius 3 is 2.52 bits per heavy atom. The van der Waals surface area contributed by atoms with E-state index in [1.165, 1.54) is 0 Å². The number of carbonyl (C=O) groups excluding carboxylic acids is 2. The van der Waals surface area contributed by atoms with Crippen molar-refractivity contribution in [3.63, 3.8) is 0 Å². The maximum Gasteiger partial charge on any atom is 0.253 e. The van der Waals surface area contributed by atoms with Gasteiger partial charge in [-0.05, 0) is 36.4 Å². The van der Waals surface area contributed by atoms with Gasteiger partial charge in [-0.15, -0.1) is 11.3 Å². The lowest BCUT2D eigenvalue weighted by atomic mass is 10.1. The Bertz CT molecular complexity index is 698. The zero-order valence-electron chi connectivity index (χ0n) is 14.8. The first kappa shape index (κ1) is 19.0. The Morgan fingerprint density at radius 2 is 1.84 bits per heavy atom. The second-order valence-corrected chi connectivity index (χ2v) is 7.29. The Labute approximate surface area is 152 Å². The van der Waals surface area contributed by atoms with Crippen LogP contribution in [-0.4, -0.2) is 24.9 Å². The van der Waals surface area contributed by atoms with Gasteiger partial charge in [-0.2, -0.15) is 0 Å². The predicted molar refractivity (Wildman–Crippen MR) is 103 cm³/mol. The molecular weight excluding hydrogens is 334 g/mol. The molecule has 6 heteroatoms. The first-order valence-corrected chi connectivity index (χ1v) is 9.29. The fourth-order valence-electron chi connectivity index (χ4n) is 2.30. The first-order chi connectivity index (χ1) is 12.0. The van der Waals surface area contributed by atoms with E-state index < -0.39 is 0 Å². The van der Waals surface area contributed by atoms with E-state index in [0.717, 1.165) is 4.88 Å². The van der Waals surface area contributed by atoms with Crippen molar-refractivity contribution in [1.82, 2.24) is 10.6 Å². The molecular formula is C19H25N3O2S. The van der Waals surface area contributed by atoms with Gasteiger partial charge in [-0.25, -0.2) is 0 Å². The first-order valence-electron chi connectivity index (χ1n) is 8.41. The molecule has 2 amide bonds. The highest BCUT2D eigenvalue weighted by Gasteiger charge is 2.13. The van der Waals surface area contributed by atoms with Gasteiger partial charge in [0.25, 0.3) is 5.91 Å². The summed E-state index contributed by atoms with van der Waals surface area (Å²) in [6.07, 6.45) is 0. The van der Waals surface area contributed by atoms with Gasteiger partial charge in [-0.1, -0.05) is 32.0 Å². The third-order valence-corrected chi connectivity index (χ3v) is 4.68. The molecule has 0 radical (unpaired) electrons. The minimum atomic E-state index is -0.135. The van der Waals surface area contributed by atoms with Crippen LogP contribution >= 0.6 is 11.3 Å². The lowest BCUT2D eigenvalue weighted by Crippen LogP contribution is -2.32. The van der Waals surface area contributed by atoms with Crippen LogP contribution in [0.4, 0.5) is 5.69 Å². The average Bonchev–Trinajstić information content (AvgIpc) is 3.13. The largest absolute Gasteiger partial charge is 0.376 e. The molecule has 25 heavy (non-hydrogen) atoms. The molecule has 0 aliphatic rings. The Hall–Kier alpha value is -2.34. The summed E-state index contributed by atoms with van der Waals surface area (Å²) in [6, 6.07) is 11.1. The number of nitrogens with one attached hydrogen (secondary N) is 3. The number of thiophene rings is 1. The number of para-hydroxylation sites is 1. The normalized spacial score (nSPS) is 11.8. The summed E-state index contributed by atoms with van der Waals surface area (Å²) in [5.41, 5.74) is 1.20. The topological polar surface area (TPSA) is 70.2 Å². The van der Waals surface area contributed by atoms with Gasteiger partial charge < -0.3 is 16.0 Å². The van der Waals surface area contributed by atoms with E-state index in [-0.39, 0.29) is 24.4 Å². The molecule has 134 valence electrons. The smallest absolute Gasteiger partial charge is 0.253 e. The van der Waals surface area contributed by atoms with Crippen LogP contribution in [-0.2, 0) is 4.79 Å². The van der Waals surface area contributed by atoms with Gasteiger partial charge in [0, 0.05) is 17.1 Å². The molecule has 5 nitrogen and oxygen atoms in total. The molecule has 0 bridgehead atoms. The lowest BCUT2D eigenvalue weighted by Gasteiger charge is -2.15. The zero-order chi connectivity index (χ0) is 18.2. The molecule has 1 heterocycles. The van der Waals surface area contributed by atoms with E-state index >= 15 is 0 Å². The highest BCUT2D eigenvalue weighted by Crippen LogP contribution is 2.18. The molecule has 1 aromatic carbocycles. The van der Waals surface area contributed by atoms with Crippen LogP contribution in [0.15, 0.2) is 41.8 Å². The van der Waals surface area contributed by atoms with Crippen molar-refractivity contribution in [2.75, 3.05) is 18.4 Å². The fraction of sp³-hybridized carbons (Fsp3) is 0.368. The molecule has 1 aromatic heterocycles. The standard InChI is InChI=1S/C19H25N3O2S/c1-13(2)11-21-19(24)15-7-4-5-8-16(15)20-12-18(23)22-14(3)17-9-6-10-25-17/h4-10,13-14,20H,11-12H2,1-3H3,(H,21,24)(H,22,23). The maximum absolute atomic E-state index is 12.3. The summed E-state index contributed by atoms with van der Waals surface area (Å²) in [7, 11) is 0. The van der Waals surface area contributed by atoms with E-state index in [9.17, 15) is 9.59 Å². The fourth-order valence-corrected chi connectivity index (χ4v) is 3.04. The summed E-state index contributed by atoms with van der Waals surface area (Å²) in [6.45, 7) is 6.78. The number of hydrogen-bond donors (Lipinski definition) is 3. The highest BCUT2D eigenvalue weighted by atomic mass is 32.1. The van der Waals surface area contributed by atoms with Gasteiger partial charge in [-0.3, -0.25) is 9.59 Å². The van der Waals surface area contributed by atoms with Crippen LogP contribution < -0.4 is 16.0 Å². The highest BCUT2D eigenvalue weighted by molar-refractivity contribution is 7.10. The van der Waals surface area contributed by atoms with Gasteiger partial charge in [0.1, 0.15) is 0 Å². The average molecular weight is 359 g/mol. The van der Waals surface area contributed by atoms with E-state index in [1.54, 1.807) is 23.5 Å². The second kappa shape index (κ2) is 9.22. The summed E-state index contributed by atoms with van der Waals surface area (Å²) in [4.78, 5) is 25.6. The van der Waals surface area contributed by atoms with Crippen LogP contribution in [0.5, 0.6) is 0 Å². The number of rotatable bonds is 8. The SMILES string of the molecule is CC(C)CNC(=O)c1ccccc1NCC(=O)NC(C)c1cccs1. The van der Waals surface area contributed by atoms with Crippen molar-refractivity contribution in [2.45, 2.75) is 26.8 Å². The van der Waals surface area contributed by atoms with Gasteiger partial charge >= 0.3 is 0 Å². The van der Waals surface area contributed by atoms with Crippen LogP contribution in [0.25, 0.3) is 0 Å². The molecule has 0 aliphatic carbocycles. The van der Waals surface area contributed by atoms with Crippen molar-refractivity contribution in [3.8, 4) is 0 Å². The molecule has 2 aromatic rings. The molecule has 1 unspecified atom stereocenters. The van der Waals surface area contributed by atoms with E-state index in [0.29, 0.717) is 23.7 Å². The summed E-state index contributed by atoms with van der Waals surface area (Å²) in [5.74, 6) is 0.135. The van der Waals surface area contributed by atoms with Crippen LogP contribution in [0.3, 0.4) is 0 Å². The molecule has 0 spiro atoms. The minimum absolute atomic E-state index is 0.0288. The van der Waals surface area contributed by atoms with Crippen molar-refractivity contribution >= 4 is 28.8 Å². The minimum Gasteiger partial charge on any atom is -0.376 e. The van der Waals surface area contributed by atoms with Crippen LogP contribution in [0.2, 0.25) is 0 Å². The Balaban J connectivity index is 1.92. The Morgan fingerprint density at radius 1 is 1.08 bits per heavy atom. The third-order valence-electron chi connectivity index (χ3n) is 3.63. The van der Waals surface area contributed by atoms with Crippen LogP contribution in [0.1, 0.15) is 42.0 Å². The number of benzene rings is 1. The number of anilines is 1. The Kier molecular flexibility index (Phi) is 7.01. The van der Waals surface area contributed by atoms with Gasteiger partial charge in [0.2, 0.25) is 5.91 Å². The van der Waals surface area contributed by atoms with Crippen molar-refractivity contribution in [3.05, 3.63) is 52.2 Å². The molecule has 1 atom stereocenters. The van der Waals surface area contributed by atoms with E-state index in [4.69, 9.17) is 0 Å². The zero-order valence-corrected chi connectivity index (χ0v) is 15.7. The van der Waals surface area contributed by atoms with Crippen molar-refractivity contribution in [1.29, 1.82) is 0 Å². The molecule has 0 saturated heterocycles. The number of hydrogen-bond acceptors (Lipinski definition) is 4. The van der Waals surface area contributed by atoms with Crippen molar-refractivity contribution < 1.29 is 9.59 Å². The van der Waals surface area contributed by atoms with Crippen LogP contribution in [0, 0.1) is 5.92 Å². The van der Waals surface area contributed by atoms with E-state index in [2.05, 4.69) is 16.0 Å². The third kappa shape index (κ3) is 5.90. The quantitative estimate of drug-likeness (QED) is 0.676. The van der Waals surface area contributed by atoms with E-state index in [1.807, 2.05) is 50.4 Å². The molecule has 2 rings (SSSR count). The monoisotopic (exact) mass is 359 g/mol. The summed E-state index contributed by atoms with van der Waals surface area (Å²) in [5, 5.41) is 10.9. The molecule has 3 N–H and O–H groups in total. The molecule has 0 aliphatic heterocycles. The summed E-state index contributed by atoms with van der Waals surface area (Å²) < 4.78 is 0. The summed E-state index contributed by atoms with van der Waals surface area (Å²) >= 11 is 1.61. The maximum atomic E-state index is 12.3. The van der Waals surface area contributed by atoms with Gasteiger partial charge in [0.05, 0.1) is 18.2 Å².